The zero-order valence-corrected chi connectivity index (χ0v) is 20.5. The maximum Gasteiger partial charge on any atom is 0.311 e. The van der Waals surface area contributed by atoms with Crippen LogP contribution in [0.25, 0.3) is 0 Å². The van der Waals surface area contributed by atoms with Gasteiger partial charge in [-0.3, -0.25) is 4.79 Å². The van der Waals surface area contributed by atoms with Crippen molar-refractivity contribution in [3.8, 4) is 11.8 Å². The summed E-state index contributed by atoms with van der Waals surface area (Å²) in [5, 5.41) is 11.5. The lowest BCUT2D eigenvalue weighted by Gasteiger charge is -2.41. The lowest BCUT2D eigenvalue weighted by atomic mass is 9.77. The Morgan fingerprint density at radius 2 is 1.90 bits per heavy atom. The molecular formula is C24H40O4Si. The summed E-state index contributed by atoms with van der Waals surface area (Å²) in [6.07, 6.45) is 4.34. The van der Waals surface area contributed by atoms with E-state index in [-0.39, 0.29) is 11.4 Å². The summed E-state index contributed by atoms with van der Waals surface area (Å²) in [5.41, 5.74) is -0.940. The Bertz CT molecular complexity index is 669. The minimum Gasteiger partial charge on any atom is -0.465 e. The smallest absolute Gasteiger partial charge is 0.311 e. The Morgan fingerprint density at radius 1 is 1.31 bits per heavy atom. The molecule has 5 heteroatoms. The number of unbranched alkanes of at least 4 members (excludes halogenated alkanes) is 1. The summed E-state index contributed by atoms with van der Waals surface area (Å²) in [4.78, 5) is 11.8. The van der Waals surface area contributed by atoms with E-state index in [2.05, 4.69) is 38.1 Å². The van der Waals surface area contributed by atoms with E-state index in [9.17, 15) is 9.90 Å². The summed E-state index contributed by atoms with van der Waals surface area (Å²) < 4.78 is 11.7. The number of rotatable bonds is 10. The van der Waals surface area contributed by atoms with Gasteiger partial charge in [-0.1, -0.05) is 24.1 Å². The van der Waals surface area contributed by atoms with E-state index in [1.165, 1.54) is 0 Å². The predicted octanol–water partition coefficient (Wildman–Crippen LogP) is 5.24. The molecule has 0 aromatic rings. The van der Waals surface area contributed by atoms with Crippen LogP contribution in [0.15, 0.2) is 24.8 Å². The van der Waals surface area contributed by atoms with Crippen molar-refractivity contribution in [2.24, 2.45) is 10.8 Å². The van der Waals surface area contributed by atoms with Crippen LogP contribution < -0.4 is 0 Å². The van der Waals surface area contributed by atoms with Gasteiger partial charge in [0.05, 0.1) is 12.0 Å². The maximum absolute atomic E-state index is 11.8. The molecule has 1 aliphatic carbocycles. The first kappa shape index (κ1) is 25.7. The van der Waals surface area contributed by atoms with Gasteiger partial charge in [-0.25, -0.2) is 0 Å². The molecule has 164 valence electrons. The molecule has 0 radical (unpaired) electrons. The van der Waals surface area contributed by atoms with Gasteiger partial charge in [-0.2, -0.15) is 0 Å². The van der Waals surface area contributed by atoms with Crippen molar-refractivity contribution >= 4 is 14.3 Å². The highest BCUT2D eigenvalue weighted by Gasteiger charge is 2.60. The van der Waals surface area contributed by atoms with Gasteiger partial charge in [0.25, 0.3) is 0 Å². The molecule has 1 rings (SSSR count). The van der Waals surface area contributed by atoms with E-state index in [4.69, 9.17) is 9.16 Å². The van der Waals surface area contributed by atoms with Crippen molar-refractivity contribution in [2.45, 2.75) is 91.1 Å². The van der Waals surface area contributed by atoms with Crippen molar-refractivity contribution in [3.05, 3.63) is 24.8 Å². The van der Waals surface area contributed by atoms with Gasteiger partial charge in [0, 0.05) is 11.8 Å². The highest BCUT2D eigenvalue weighted by Crippen LogP contribution is 2.60. The van der Waals surface area contributed by atoms with Crippen molar-refractivity contribution < 1.29 is 19.1 Å². The van der Waals surface area contributed by atoms with Crippen molar-refractivity contribution in [2.75, 3.05) is 6.61 Å². The summed E-state index contributed by atoms with van der Waals surface area (Å²) in [6.45, 7) is 21.8. The number of aliphatic hydroxyl groups is 1. The van der Waals surface area contributed by atoms with Crippen LogP contribution in [0.5, 0.6) is 0 Å². The average molecular weight is 421 g/mol. The monoisotopic (exact) mass is 420 g/mol. The molecule has 0 spiro atoms. The summed E-state index contributed by atoms with van der Waals surface area (Å²) in [5.74, 6) is 6.13. The molecule has 4 nitrogen and oxygen atoms in total. The van der Waals surface area contributed by atoms with E-state index in [0.717, 1.165) is 24.5 Å². The number of carbonyl (C=O) groups excluding carboxylic acids is 1. The van der Waals surface area contributed by atoms with Crippen LogP contribution in [0.3, 0.4) is 0 Å². The van der Waals surface area contributed by atoms with Crippen LogP contribution in [0, 0.1) is 22.7 Å². The minimum absolute atomic E-state index is 0.205. The maximum atomic E-state index is 11.8. The van der Waals surface area contributed by atoms with Crippen LogP contribution >= 0.6 is 0 Å². The molecule has 0 amide bonds. The topological polar surface area (TPSA) is 55.8 Å². The second kappa shape index (κ2) is 9.64. The third-order valence-electron chi connectivity index (χ3n) is 5.64. The number of carbonyl (C=O) groups is 1. The number of allylic oxidation sites excluding steroid dienone is 1. The standard InChI is InChI=1S/C24H40O4Si/c1-10-18-29(8,9)28-20(23(7,26)24(15-16-24)19(2)3)14-12-11-13-17-27-21(25)22(4,5)6/h10,20,26H,1-2,11,13,15-18H2,3-9H3/t20-,23-/m0/s1. The average Bonchev–Trinajstić information content (AvgIpc) is 3.37. The fraction of sp³-hybridized carbons (Fsp3) is 0.708. The number of hydrogen-bond acceptors (Lipinski definition) is 4. The van der Waals surface area contributed by atoms with Crippen molar-refractivity contribution in [1.82, 2.24) is 0 Å². The first-order valence-corrected chi connectivity index (χ1v) is 13.6. The molecular weight excluding hydrogens is 380 g/mol. The molecule has 0 aromatic carbocycles. The Labute approximate surface area is 178 Å². The van der Waals surface area contributed by atoms with Gasteiger partial charge in [-0.05, 0) is 73.0 Å². The molecule has 1 N–H and O–H groups in total. The second-order valence-electron chi connectivity index (χ2n) is 10.1. The van der Waals surface area contributed by atoms with Crippen molar-refractivity contribution in [1.29, 1.82) is 0 Å². The van der Waals surface area contributed by atoms with Crippen molar-refractivity contribution in [3.63, 3.8) is 0 Å². The zero-order chi connectivity index (χ0) is 22.5. The summed E-state index contributed by atoms with van der Waals surface area (Å²) >= 11 is 0. The molecule has 1 saturated carbocycles. The SMILES string of the molecule is C=CC[Si](C)(C)O[C@@H](C#CCCCOC(=O)C(C)(C)C)[C@](C)(O)C1(C(=C)C)CC1. The molecule has 0 aromatic heterocycles. The molecule has 0 aliphatic heterocycles. The van der Waals surface area contributed by atoms with E-state index in [1.807, 2.05) is 40.7 Å². The molecule has 0 heterocycles. The third-order valence-corrected chi connectivity index (χ3v) is 7.79. The van der Waals surface area contributed by atoms with Crippen LogP contribution in [0.4, 0.5) is 0 Å². The first-order chi connectivity index (χ1) is 13.2. The Morgan fingerprint density at radius 3 is 2.34 bits per heavy atom. The van der Waals surface area contributed by atoms with E-state index < -0.39 is 25.4 Å². The third kappa shape index (κ3) is 6.84. The van der Waals surface area contributed by atoms with Gasteiger partial charge in [0.15, 0.2) is 8.32 Å². The quantitative estimate of drug-likeness (QED) is 0.173. The van der Waals surface area contributed by atoms with Gasteiger partial charge in [0.1, 0.15) is 11.7 Å². The number of ether oxygens (including phenoxy) is 1. The van der Waals surface area contributed by atoms with Crippen LogP contribution in [-0.4, -0.2) is 37.7 Å². The highest BCUT2D eigenvalue weighted by molar-refractivity contribution is 6.71. The molecule has 0 unspecified atom stereocenters. The van der Waals surface area contributed by atoms with Gasteiger partial charge in [0.2, 0.25) is 0 Å². The van der Waals surface area contributed by atoms with Gasteiger partial charge >= 0.3 is 5.97 Å². The lowest BCUT2D eigenvalue weighted by Crippen LogP contribution is -2.52. The largest absolute Gasteiger partial charge is 0.465 e. The van der Waals surface area contributed by atoms with E-state index >= 15 is 0 Å². The highest BCUT2D eigenvalue weighted by atomic mass is 28.4. The molecule has 0 saturated heterocycles. The Kier molecular flexibility index (Phi) is 8.53. The van der Waals surface area contributed by atoms with Gasteiger partial charge < -0.3 is 14.3 Å². The minimum atomic E-state index is -2.05. The lowest BCUT2D eigenvalue weighted by molar-refractivity contribution is -0.152. The normalized spacial score (nSPS) is 18.6. The second-order valence-corrected chi connectivity index (χ2v) is 14.2. The Hall–Kier alpha value is -1.35. The molecule has 0 bridgehead atoms. The molecule has 2 atom stereocenters. The molecule has 1 aliphatic rings. The van der Waals surface area contributed by atoms with E-state index in [0.29, 0.717) is 19.4 Å². The number of esters is 1. The molecule has 29 heavy (non-hydrogen) atoms. The number of hydrogen-bond donors (Lipinski definition) is 1. The van der Waals surface area contributed by atoms with E-state index in [1.54, 1.807) is 0 Å². The van der Waals surface area contributed by atoms with Crippen LogP contribution in [0.2, 0.25) is 19.1 Å². The van der Waals surface area contributed by atoms with Crippen LogP contribution in [0.1, 0.15) is 60.3 Å². The first-order valence-electron chi connectivity index (χ1n) is 10.5. The zero-order valence-electron chi connectivity index (χ0n) is 19.5. The Balaban J connectivity index is 2.84. The molecule has 1 fully saturated rings. The summed E-state index contributed by atoms with van der Waals surface area (Å²) in [7, 11) is -2.05. The predicted molar refractivity (Wildman–Crippen MR) is 122 cm³/mol. The summed E-state index contributed by atoms with van der Waals surface area (Å²) in [6, 6.07) is 0.796. The van der Waals surface area contributed by atoms with Crippen LogP contribution in [-0.2, 0) is 14.0 Å². The fourth-order valence-electron chi connectivity index (χ4n) is 3.45. The van der Waals surface area contributed by atoms with Gasteiger partial charge in [-0.15, -0.1) is 12.5 Å². The fourth-order valence-corrected chi connectivity index (χ4v) is 5.17.